The minimum absolute atomic E-state index is 0.102. The molecule has 96 heavy (non-hydrogen) atoms. The zero-order valence-corrected chi connectivity index (χ0v) is 63.6. The van der Waals surface area contributed by atoms with Gasteiger partial charge in [-0.05, 0) is 57.8 Å². The number of allylic oxidation sites excluding steroid dienone is 4. The molecular weight excluding hydrogens is 1260 g/mol. The molecule has 0 amide bonds. The van der Waals surface area contributed by atoms with Crippen molar-refractivity contribution in [2.45, 2.75) is 406 Å². The first kappa shape index (κ1) is 93.5. The molecule has 0 fully saturated rings. The van der Waals surface area contributed by atoms with Crippen molar-refractivity contribution in [1.82, 2.24) is 0 Å². The molecule has 0 heterocycles. The summed E-state index contributed by atoms with van der Waals surface area (Å²) in [6.45, 7) is 4.94. The van der Waals surface area contributed by atoms with Crippen LogP contribution in [0.2, 0.25) is 0 Å². The van der Waals surface area contributed by atoms with Crippen LogP contribution in [0.3, 0.4) is 0 Å². The maximum atomic E-state index is 13.1. The lowest BCUT2D eigenvalue weighted by molar-refractivity contribution is -0.161. The van der Waals surface area contributed by atoms with Crippen molar-refractivity contribution >= 4 is 39.5 Å². The highest BCUT2D eigenvalue weighted by Gasteiger charge is 2.30. The first-order chi connectivity index (χ1) is 46.7. The Bertz CT molecular complexity index is 1920. The van der Waals surface area contributed by atoms with Crippen molar-refractivity contribution in [3.8, 4) is 0 Å². The van der Waals surface area contributed by atoms with Crippen LogP contribution in [0.4, 0.5) is 0 Å². The van der Waals surface area contributed by atoms with Crippen molar-refractivity contribution in [3.05, 3.63) is 24.3 Å². The average molecular weight is 1410 g/mol. The normalized spacial score (nSPS) is 14.0. The average Bonchev–Trinajstić information content (AvgIpc) is 1.17. The van der Waals surface area contributed by atoms with Crippen molar-refractivity contribution in [1.29, 1.82) is 0 Å². The lowest BCUT2D eigenvalue weighted by Gasteiger charge is -2.21. The molecule has 19 heteroatoms. The highest BCUT2D eigenvalue weighted by atomic mass is 31.2. The van der Waals surface area contributed by atoms with E-state index in [1.54, 1.807) is 0 Å². The number of carbonyl (C=O) groups excluding carboxylic acids is 4. The topological polar surface area (TPSA) is 237 Å². The molecule has 0 aromatic rings. The van der Waals surface area contributed by atoms with Gasteiger partial charge in [-0.2, -0.15) is 0 Å². The molecule has 17 nitrogen and oxygen atoms in total. The van der Waals surface area contributed by atoms with Gasteiger partial charge in [-0.1, -0.05) is 328 Å². The van der Waals surface area contributed by atoms with Gasteiger partial charge in [0.1, 0.15) is 19.3 Å². The fourth-order valence-corrected chi connectivity index (χ4v) is 13.0. The second-order valence-electron chi connectivity index (χ2n) is 27.0. The third-order valence-electron chi connectivity index (χ3n) is 17.4. The number of unbranched alkanes of at least 4 members (excludes halogenated alkanes) is 46. The molecule has 0 aliphatic heterocycles. The Morgan fingerprint density at radius 1 is 0.292 bits per heavy atom. The first-order valence-corrected chi connectivity index (χ1v) is 42.6. The van der Waals surface area contributed by atoms with E-state index in [9.17, 15) is 43.2 Å². The summed E-state index contributed by atoms with van der Waals surface area (Å²) in [5, 5.41) is 10.6. The first-order valence-electron chi connectivity index (χ1n) is 39.6. The molecule has 0 aliphatic carbocycles. The Labute approximate surface area is 586 Å². The Morgan fingerprint density at radius 3 is 0.792 bits per heavy atom. The quantitative estimate of drug-likeness (QED) is 0.0169. The van der Waals surface area contributed by atoms with E-state index in [1.807, 2.05) is 0 Å². The molecule has 2 unspecified atom stereocenters. The molecule has 0 radical (unpaired) electrons. The Kier molecular flexibility index (Phi) is 69.1. The van der Waals surface area contributed by atoms with E-state index in [0.29, 0.717) is 25.7 Å². The number of esters is 4. The molecule has 0 aliphatic rings. The van der Waals surface area contributed by atoms with Gasteiger partial charge in [-0.3, -0.25) is 37.3 Å². The van der Waals surface area contributed by atoms with Gasteiger partial charge in [0.05, 0.1) is 26.4 Å². The number of aliphatic hydroxyl groups is 1. The summed E-state index contributed by atoms with van der Waals surface area (Å²) in [4.78, 5) is 72.9. The lowest BCUT2D eigenvalue weighted by Crippen LogP contribution is -2.30. The smallest absolute Gasteiger partial charge is 0.462 e. The standard InChI is InChI=1S/C77H146O17P2/c1-5-9-13-17-21-25-29-33-35-39-42-46-50-54-58-62-75(80)88-68-72(93-76(81)63-59-55-51-47-43-38-32-28-24-20-16-12-8-4)69-91-95(83,84)89-65-71(78)66-90-96(85,86)92-70-73(67-87-74(79)61-57-53-49-45-41-37-31-27-23-19-15-11-7-3)94-77(82)64-60-56-52-48-44-40-36-34-30-26-22-18-14-10-6-2/h21,25,33,35,71-73,78H,5-20,22-24,26-32,34,36-70H2,1-4H3,(H,83,84)(H,85,86)/b25-21-,35-33-/t71-,72-,73-/m1/s1. The van der Waals surface area contributed by atoms with E-state index in [0.717, 1.165) is 116 Å². The third kappa shape index (κ3) is 70.0. The van der Waals surface area contributed by atoms with E-state index in [2.05, 4.69) is 52.0 Å². The van der Waals surface area contributed by atoms with Gasteiger partial charge in [0, 0.05) is 25.7 Å². The number of ether oxygens (including phenoxy) is 4. The molecule has 0 bridgehead atoms. The van der Waals surface area contributed by atoms with Crippen molar-refractivity contribution < 1.29 is 80.2 Å². The molecule has 0 aromatic carbocycles. The summed E-state index contributed by atoms with van der Waals surface area (Å²) >= 11 is 0. The predicted octanol–water partition coefficient (Wildman–Crippen LogP) is 22.6. The number of hydrogen-bond acceptors (Lipinski definition) is 15. The second-order valence-corrected chi connectivity index (χ2v) is 29.9. The van der Waals surface area contributed by atoms with Gasteiger partial charge >= 0.3 is 39.5 Å². The van der Waals surface area contributed by atoms with Crippen LogP contribution in [0, 0.1) is 0 Å². The summed E-state index contributed by atoms with van der Waals surface area (Å²) < 4.78 is 68.6. The van der Waals surface area contributed by atoms with Crippen molar-refractivity contribution in [3.63, 3.8) is 0 Å². The highest BCUT2D eigenvalue weighted by molar-refractivity contribution is 7.47. The van der Waals surface area contributed by atoms with Gasteiger partial charge < -0.3 is 33.8 Å². The van der Waals surface area contributed by atoms with E-state index in [1.165, 1.54) is 193 Å². The van der Waals surface area contributed by atoms with E-state index >= 15 is 0 Å². The van der Waals surface area contributed by atoms with E-state index < -0.39 is 97.5 Å². The SMILES string of the molecule is CCCCC/C=C\C/C=C\CCCCCCCC(=O)OC[C@H](COP(=O)(O)OC[C@@H](O)COP(=O)(O)OC[C@@H](COC(=O)CCCCCCCCCCCCCCC)OC(=O)CCCCCCCCCCCCCCCCC)OC(=O)CCCCCCCCCCCCCCC. The Balaban J connectivity index is 5.29. The fourth-order valence-electron chi connectivity index (χ4n) is 11.4. The summed E-state index contributed by atoms with van der Waals surface area (Å²) in [7, 11) is -9.92. The van der Waals surface area contributed by atoms with Crippen LogP contribution < -0.4 is 0 Å². The third-order valence-corrected chi connectivity index (χ3v) is 19.4. The number of hydrogen-bond donors (Lipinski definition) is 3. The summed E-state index contributed by atoms with van der Waals surface area (Å²) in [5.41, 5.74) is 0. The summed E-state index contributed by atoms with van der Waals surface area (Å²) in [5.74, 6) is -2.14. The second kappa shape index (κ2) is 71.0. The minimum atomic E-state index is -4.96. The summed E-state index contributed by atoms with van der Waals surface area (Å²) in [6.07, 6.45) is 64.4. The van der Waals surface area contributed by atoms with E-state index in [4.69, 9.17) is 37.0 Å². The van der Waals surface area contributed by atoms with Crippen LogP contribution in [0.1, 0.15) is 387 Å². The molecule has 0 saturated heterocycles. The van der Waals surface area contributed by atoms with Crippen LogP contribution in [0.15, 0.2) is 24.3 Å². The van der Waals surface area contributed by atoms with Gasteiger partial charge in [0.15, 0.2) is 12.2 Å². The van der Waals surface area contributed by atoms with Crippen LogP contribution in [0.5, 0.6) is 0 Å². The predicted molar refractivity (Wildman–Crippen MR) is 391 cm³/mol. The van der Waals surface area contributed by atoms with E-state index in [-0.39, 0.29) is 25.7 Å². The van der Waals surface area contributed by atoms with Gasteiger partial charge in [0.2, 0.25) is 0 Å². The monoisotopic (exact) mass is 1410 g/mol. The molecule has 0 aromatic heterocycles. The van der Waals surface area contributed by atoms with Crippen LogP contribution in [-0.4, -0.2) is 96.7 Å². The lowest BCUT2D eigenvalue weighted by atomic mass is 10.0. The number of phosphoric acid groups is 2. The highest BCUT2D eigenvalue weighted by Crippen LogP contribution is 2.45. The molecule has 0 spiro atoms. The van der Waals surface area contributed by atoms with Gasteiger partial charge in [-0.25, -0.2) is 9.13 Å². The number of aliphatic hydroxyl groups excluding tert-OH is 1. The number of carbonyl (C=O) groups is 4. The number of rotatable bonds is 76. The largest absolute Gasteiger partial charge is 0.472 e. The van der Waals surface area contributed by atoms with Crippen LogP contribution >= 0.6 is 15.6 Å². The molecule has 566 valence electrons. The zero-order valence-electron chi connectivity index (χ0n) is 61.8. The Morgan fingerprint density at radius 2 is 0.510 bits per heavy atom. The summed E-state index contributed by atoms with van der Waals surface area (Å²) in [6, 6.07) is 0. The molecule has 0 saturated carbocycles. The molecule has 3 N–H and O–H groups in total. The van der Waals surface area contributed by atoms with Gasteiger partial charge in [0.25, 0.3) is 0 Å². The van der Waals surface area contributed by atoms with Crippen LogP contribution in [0.25, 0.3) is 0 Å². The fraction of sp³-hybridized carbons (Fsp3) is 0.896. The van der Waals surface area contributed by atoms with Gasteiger partial charge in [-0.15, -0.1) is 0 Å². The molecular formula is C77H146O17P2. The van der Waals surface area contributed by atoms with Crippen molar-refractivity contribution in [2.24, 2.45) is 0 Å². The molecule has 0 rings (SSSR count). The Hall–Kier alpha value is -2.46. The number of phosphoric ester groups is 2. The van der Waals surface area contributed by atoms with Crippen molar-refractivity contribution in [2.75, 3.05) is 39.6 Å². The zero-order chi connectivity index (χ0) is 70.4. The maximum absolute atomic E-state index is 13.1. The minimum Gasteiger partial charge on any atom is -0.462 e. The molecule has 5 atom stereocenters. The maximum Gasteiger partial charge on any atom is 0.472 e. The van der Waals surface area contributed by atoms with Crippen LogP contribution in [-0.2, 0) is 65.4 Å².